The first-order valence-corrected chi connectivity index (χ1v) is 3.98. The van der Waals surface area contributed by atoms with Crippen molar-refractivity contribution in [2.24, 2.45) is 0 Å². The molecule has 12 heavy (non-hydrogen) atoms. The molecule has 0 saturated heterocycles. The second-order valence-corrected chi connectivity index (χ2v) is 2.64. The van der Waals surface area contributed by atoms with Crippen molar-refractivity contribution in [1.29, 1.82) is 0 Å². The second kappa shape index (κ2) is 4.41. The van der Waals surface area contributed by atoms with Crippen LogP contribution in [-0.2, 0) is 0 Å². The molecule has 0 nitrogen and oxygen atoms in total. The number of rotatable bonds is 1. The quantitative estimate of drug-likeness (QED) is 0.548. The van der Waals surface area contributed by atoms with Gasteiger partial charge in [0.15, 0.2) is 0 Å². The molecule has 60 valence electrons. The Labute approximate surface area is 73.9 Å². The first kappa shape index (κ1) is 8.62. The van der Waals surface area contributed by atoms with E-state index in [2.05, 4.69) is 43.0 Å². The van der Waals surface area contributed by atoms with Gasteiger partial charge in [-0.3, -0.25) is 0 Å². The summed E-state index contributed by atoms with van der Waals surface area (Å²) in [6.45, 7) is 3.92. The van der Waals surface area contributed by atoms with Gasteiger partial charge in [-0.1, -0.05) is 35.7 Å². The molecular weight excluding hydrogens is 144 g/mol. The highest BCUT2D eigenvalue weighted by Crippen LogP contribution is 2.04. The molecule has 0 heterocycles. The van der Waals surface area contributed by atoms with Crippen molar-refractivity contribution in [2.45, 2.75) is 13.8 Å². The maximum absolute atomic E-state index is 2.88. The van der Waals surface area contributed by atoms with E-state index in [0.29, 0.717) is 0 Å². The smallest absolute Gasteiger partial charge is 0.00235 e. The molecule has 0 atom stereocenters. The number of aryl methyl sites for hydroxylation is 1. The zero-order chi connectivity index (χ0) is 8.81. The van der Waals surface area contributed by atoms with Gasteiger partial charge in [0.05, 0.1) is 0 Å². The highest BCUT2D eigenvalue weighted by Gasteiger charge is 1.83. The summed E-state index contributed by atoms with van der Waals surface area (Å²) in [5, 5.41) is 0. The summed E-state index contributed by atoms with van der Waals surface area (Å²) >= 11 is 0. The molecule has 0 heteroatoms. The first-order chi connectivity index (χ1) is 5.83. The van der Waals surface area contributed by atoms with Gasteiger partial charge in [-0.2, -0.15) is 0 Å². The fourth-order valence-corrected chi connectivity index (χ4v) is 0.899. The third kappa shape index (κ3) is 2.64. The summed E-state index contributed by atoms with van der Waals surface area (Å²) in [6.07, 6.45) is 3.88. The third-order valence-electron chi connectivity index (χ3n) is 1.58. The van der Waals surface area contributed by atoms with E-state index < -0.39 is 0 Å². The van der Waals surface area contributed by atoms with E-state index in [0.717, 1.165) is 0 Å². The molecule has 0 fully saturated rings. The molecule has 0 bridgehead atoms. The van der Waals surface area contributed by atoms with Gasteiger partial charge in [-0.05, 0) is 31.6 Å². The molecular formula is C12H12. The Balaban J connectivity index is 2.75. The average molecular weight is 156 g/mol. The molecule has 0 unspecified atom stereocenters. The predicted molar refractivity (Wildman–Crippen MR) is 53.7 cm³/mol. The maximum atomic E-state index is 2.88. The molecule has 0 aliphatic carbocycles. The highest BCUT2D eigenvalue weighted by atomic mass is 13.9. The van der Waals surface area contributed by atoms with E-state index >= 15 is 0 Å². The Morgan fingerprint density at radius 1 is 1.17 bits per heavy atom. The molecule has 0 aliphatic rings. The number of allylic oxidation sites excluding steroid dienone is 1. The van der Waals surface area contributed by atoms with Crippen LogP contribution in [0.2, 0.25) is 0 Å². The van der Waals surface area contributed by atoms with Gasteiger partial charge in [0.2, 0.25) is 0 Å². The standard InChI is InChI=1S/C12H12/c1-3-4-5-6-12-9-7-11(2)8-10-12/h5-10H,1-2H3/b6-5-. The van der Waals surface area contributed by atoms with Crippen LogP contribution in [0.4, 0.5) is 0 Å². The first-order valence-electron chi connectivity index (χ1n) is 3.98. The van der Waals surface area contributed by atoms with E-state index in [1.807, 2.05) is 19.1 Å². The van der Waals surface area contributed by atoms with Gasteiger partial charge in [-0.15, -0.1) is 5.92 Å². The normalized spacial score (nSPS) is 9.50. The van der Waals surface area contributed by atoms with E-state index in [9.17, 15) is 0 Å². The molecule has 1 aromatic carbocycles. The summed E-state index contributed by atoms with van der Waals surface area (Å²) in [7, 11) is 0. The lowest BCUT2D eigenvalue weighted by molar-refractivity contribution is 1.46. The Morgan fingerprint density at radius 3 is 2.42 bits per heavy atom. The van der Waals surface area contributed by atoms with Crippen LogP contribution < -0.4 is 0 Å². The van der Waals surface area contributed by atoms with Crippen molar-refractivity contribution in [3.8, 4) is 11.8 Å². The fourth-order valence-electron chi connectivity index (χ4n) is 0.899. The van der Waals surface area contributed by atoms with Crippen LogP contribution in [0.15, 0.2) is 30.3 Å². The van der Waals surface area contributed by atoms with Crippen LogP contribution in [0.1, 0.15) is 18.1 Å². The van der Waals surface area contributed by atoms with Crippen LogP contribution in [-0.4, -0.2) is 0 Å². The van der Waals surface area contributed by atoms with Crippen LogP contribution >= 0.6 is 0 Å². The van der Waals surface area contributed by atoms with Crippen molar-refractivity contribution >= 4 is 6.08 Å². The largest absolute Gasteiger partial charge is 0.102 e. The van der Waals surface area contributed by atoms with E-state index in [-0.39, 0.29) is 0 Å². The van der Waals surface area contributed by atoms with E-state index in [1.54, 1.807) is 0 Å². The number of benzene rings is 1. The van der Waals surface area contributed by atoms with Crippen LogP contribution in [0.5, 0.6) is 0 Å². The van der Waals surface area contributed by atoms with Gasteiger partial charge in [-0.25, -0.2) is 0 Å². The molecule has 0 saturated carbocycles. The minimum absolute atomic E-state index is 1.20. The number of hydrogen-bond donors (Lipinski definition) is 0. The second-order valence-electron chi connectivity index (χ2n) is 2.64. The van der Waals surface area contributed by atoms with Crippen molar-refractivity contribution in [3.63, 3.8) is 0 Å². The molecule has 0 aliphatic heterocycles. The molecule has 0 spiro atoms. The lowest BCUT2D eigenvalue weighted by Gasteiger charge is -1.92. The Morgan fingerprint density at radius 2 is 1.83 bits per heavy atom. The predicted octanol–water partition coefficient (Wildman–Crippen LogP) is 3.03. The molecule has 1 aromatic rings. The Hall–Kier alpha value is -1.48. The maximum Gasteiger partial charge on any atom is -0.00235 e. The number of hydrogen-bond acceptors (Lipinski definition) is 0. The Bertz CT molecular complexity index is 317. The highest BCUT2D eigenvalue weighted by molar-refractivity contribution is 5.52. The van der Waals surface area contributed by atoms with Gasteiger partial charge in [0, 0.05) is 0 Å². The van der Waals surface area contributed by atoms with Crippen LogP contribution in [0.3, 0.4) is 0 Å². The molecule has 0 radical (unpaired) electrons. The minimum atomic E-state index is 1.20. The van der Waals surface area contributed by atoms with Crippen molar-refractivity contribution < 1.29 is 0 Å². The average Bonchev–Trinajstić information content (AvgIpc) is 2.09. The van der Waals surface area contributed by atoms with Gasteiger partial charge >= 0.3 is 0 Å². The van der Waals surface area contributed by atoms with Gasteiger partial charge in [0.25, 0.3) is 0 Å². The van der Waals surface area contributed by atoms with Gasteiger partial charge < -0.3 is 0 Å². The summed E-state index contributed by atoms with van der Waals surface area (Å²) < 4.78 is 0. The molecule has 0 amide bonds. The summed E-state index contributed by atoms with van der Waals surface area (Å²) in [6, 6.07) is 8.37. The third-order valence-corrected chi connectivity index (χ3v) is 1.58. The van der Waals surface area contributed by atoms with Gasteiger partial charge in [0.1, 0.15) is 0 Å². The summed E-state index contributed by atoms with van der Waals surface area (Å²) in [5.74, 6) is 5.69. The Kier molecular flexibility index (Phi) is 3.17. The van der Waals surface area contributed by atoms with Crippen molar-refractivity contribution in [3.05, 3.63) is 41.5 Å². The van der Waals surface area contributed by atoms with Crippen LogP contribution in [0, 0.1) is 18.8 Å². The topological polar surface area (TPSA) is 0 Å². The summed E-state index contributed by atoms with van der Waals surface area (Å²) in [5.41, 5.74) is 2.48. The molecule has 0 aromatic heterocycles. The molecule has 0 N–H and O–H groups in total. The van der Waals surface area contributed by atoms with Crippen molar-refractivity contribution in [1.82, 2.24) is 0 Å². The molecule has 1 rings (SSSR count). The van der Waals surface area contributed by atoms with Crippen LogP contribution in [0.25, 0.3) is 6.08 Å². The SMILES string of the molecule is CC#C/C=C\c1ccc(C)cc1. The lowest BCUT2D eigenvalue weighted by atomic mass is 10.1. The zero-order valence-corrected chi connectivity index (χ0v) is 7.46. The lowest BCUT2D eigenvalue weighted by Crippen LogP contribution is -1.72. The van der Waals surface area contributed by atoms with E-state index in [4.69, 9.17) is 0 Å². The minimum Gasteiger partial charge on any atom is -0.102 e. The van der Waals surface area contributed by atoms with Crippen molar-refractivity contribution in [2.75, 3.05) is 0 Å². The fraction of sp³-hybridized carbons (Fsp3) is 0.167. The van der Waals surface area contributed by atoms with E-state index in [1.165, 1.54) is 11.1 Å². The monoisotopic (exact) mass is 156 g/mol. The summed E-state index contributed by atoms with van der Waals surface area (Å²) in [4.78, 5) is 0. The zero-order valence-electron chi connectivity index (χ0n) is 7.46.